The van der Waals surface area contributed by atoms with Gasteiger partial charge in [0, 0.05) is 11.1 Å². The zero-order chi connectivity index (χ0) is 13.1. The smallest absolute Gasteiger partial charge is 0.230 e. The van der Waals surface area contributed by atoms with E-state index in [0.29, 0.717) is 16.5 Å². The Labute approximate surface area is 108 Å². The second-order valence-electron chi connectivity index (χ2n) is 3.92. The zero-order valence-corrected chi connectivity index (χ0v) is 10.6. The van der Waals surface area contributed by atoms with Crippen LogP contribution in [0.25, 0.3) is 0 Å². The highest BCUT2D eigenvalue weighted by atomic mass is 32.1. The third-order valence-electron chi connectivity index (χ3n) is 2.24. The van der Waals surface area contributed by atoms with Crippen molar-refractivity contribution in [2.75, 3.05) is 11.1 Å². The molecule has 3 N–H and O–H groups in total. The quantitative estimate of drug-likeness (QED) is 0.895. The number of hydrogen-bond acceptors (Lipinski definition) is 4. The van der Waals surface area contributed by atoms with Crippen LogP contribution in [0.15, 0.2) is 23.6 Å². The van der Waals surface area contributed by atoms with Gasteiger partial charge in [-0.2, -0.15) is 0 Å². The van der Waals surface area contributed by atoms with Gasteiger partial charge in [0.2, 0.25) is 5.91 Å². The number of thiazole rings is 1. The van der Waals surface area contributed by atoms with Crippen LogP contribution in [0.1, 0.15) is 11.3 Å². The van der Waals surface area contributed by atoms with Crippen LogP contribution in [0.4, 0.5) is 15.2 Å². The van der Waals surface area contributed by atoms with E-state index in [9.17, 15) is 9.18 Å². The Morgan fingerprint density at radius 3 is 2.89 bits per heavy atom. The number of carbonyl (C=O) groups is 1. The van der Waals surface area contributed by atoms with E-state index in [4.69, 9.17) is 5.73 Å². The zero-order valence-electron chi connectivity index (χ0n) is 9.74. The largest absolute Gasteiger partial charge is 0.375 e. The van der Waals surface area contributed by atoms with E-state index in [2.05, 4.69) is 10.3 Å². The Morgan fingerprint density at radius 2 is 2.28 bits per heavy atom. The highest BCUT2D eigenvalue weighted by Crippen LogP contribution is 2.15. The number of hydrogen-bond donors (Lipinski definition) is 2. The second kappa shape index (κ2) is 5.14. The highest BCUT2D eigenvalue weighted by molar-refractivity contribution is 7.13. The summed E-state index contributed by atoms with van der Waals surface area (Å²) >= 11 is 1.28. The molecule has 0 fully saturated rings. The normalized spacial score (nSPS) is 10.3. The molecule has 0 aliphatic carbocycles. The molecule has 1 amide bonds. The van der Waals surface area contributed by atoms with Gasteiger partial charge in [-0.3, -0.25) is 4.79 Å². The molecule has 0 bridgehead atoms. The minimum absolute atomic E-state index is 0.128. The average molecular weight is 265 g/mol. The molecule has 0 spiro atoms. The fourth-order valence-corrected chi connectivity index (χ4v) is 2.14. The van der Waals surface area contributed by atoms with Crippen molar-refractivity contribution in [1.82, 2.24) is 4.98 Å². The summed E-state index contributed by atoms with van der Waals surface area (Å²) in [4.78, 5) is 15.7. The lowest BCUT2D eigenvalue weighted by atomic mass is 10.2. The molecule has 94 valence electrons. The number of aromatic nitrogens is 1. The summed E-state index contributed by atoms with van der Waals surface area (Å²) in [5.41, 5.74) is 7.28. The minimum atomic E-state index is -0.372. The predicted octanol–water partition coefficient (Wildman–Crippen LogP) is 2.35. The van der Waals surface area contributed by atoms with Crippen molar-refractivity contribution in [2.45, 2.75) is 13.3 Å². The molecular formula is C12H12FN3OS. The van der Waals surface area contributed by atoms with Crippen molar-refractivity contribution in [2.24, 2.45) is 0 Å². The van der Waals surface area contributed by atoms with Gasteiger partial charge in [0.05, 0.1) is 12.1 Å². The van der Waals surface area contributed by atoms with Crippen LogP contribution >= 0.6 is 11.3 Å². The van der Waals surface area contributed by atoms with E-state index < -0.39 is 0 Å². The maximum Gasteiger partial charge on any atom is 0.230 e. The number of carbonyl (C=O) groups excluding carboxylic acids is 1. The molecule has 2 rings (SSSR count). The van der Waals surface area contributed by atoms with Crippen LogP contribution in [0.3, 0.4) is 0 Å². The number of halogens is 1. The summed E-state index contributed by atoms with van der Waals surface area (Å²) in [7, 11) is 0. The standard InChI is InChI=1S/C12H12FN3OS/c1-7-2-8(13)4-9(3-7)15-11(17)5-10-6-18-12(14)16-10/h2-4,6H,5H2,1H3,(H2,14,16)(H,15,17). The van der Waals surface area contributed by atoms with Gasteiger partial charge in [0.15, 0.2) is 5.13 Å². The molecule has 0 aliphatic rings. The monoisotopic (exact) mass is 265 g/mol. The van der Waals surface area contributed by atoms with Gasteiger partial charge in [0.25, 0.3) is 0 Å². The second-order valence-corrected chi connectivity index (χ2v) is 4.81. The van der Waals surface area contributed by atoms with E-state index in [1.807, 2.05) is 0 Å². The number of nitrogen functional groups attached to an aromatic ring is 1. The number of nitrogens with zero attached hydrogens (tertiary/aromatic N) is 1. The van der Waals surface area contributed by atoms with Crippen LogP contribution in [-0.2, 0) is 11.2 Å². The summed E-state index contributed by atoms with van der Waals surface area (Å²) in [6.45, 7) is 1.76. The van der Waals surface area contributed by atoms with Crippen LogP contribution in [-0.4, -0.2) is 10.9 Å². The van der Waals surface area contributed by atoms with Gasteiger partial charge in [0.1, 0.15) is 5.82 Å². The van der Waals surface area contributed by atoms with Crippen molar-refractivity contribution in [3.8, 4) is 0 Å². The molecule has 1 heterocycles. The van der Waals surface area contributed by atoms with Gasteiger partial charge in [-0.1, -0.05) is 0 Å². The van der Waals surface area contributed by atoms with Crippen molar-refractivity contribution in [1.29, 1.82) is 0 Å². The van der Waals surface area contributed by atoms with E-state index in [-0.39, 0.29) is 18.1 Å². The molecule has 0 saturated carbocycles. The molecule has 0 atom stereocenters. The molecule has 18 heavy (non-hydrogen) atoms. The van der Waals surface area contributed by atoms with Crippen molar-refractivity contribution in [3.05, 3.63) is 40.7 Å². The van der Waals surface area contributed by atoms with Crippen molar-refractivity contribution in [3.63, 3.8) is 0 Å². The molecule has 1 aromatic carbocycles. The first-order valence-corrected chi connectivity index (χ1v) is 6.18. The SMILES string of the molecule is Cc1cc(F)cc(NC(=O)Cc2csc(N)n2)c1. The molecule has 2 aromatic rings. The summed E-state index contributed by atoms with van der Waals surface area (Å²) in [6, 6.07) is 4.38. The number of amides is 1. The fourth-order valence-electron chi connectivity index (χ4n) is 1.58. The molecule has 4 nitrogen and oxygen atoms in total. The van der Waals surface area contributed by atoms with E-state index in [1.165, 1.54) is 23.5 Å². The number of nitrogens with one attached hydrogen (secondary N) is 1. The number of anilines is 2. The Hall–Kier alpha value is -1.95. The molecule has 0 radical (unpaired) electrons. The molecular weight excluding hydrogens is 253 g/mol. The Morgan fingerprint density at radius 1 is 1.50 bits per heavy atom. The van der Waals surface area contributed by atoms with Gasteiger partial charge in [-0.25, -0.2) is 9.37 Å². The summed E-state index contributed by atoms with van der Waals surface area (Å²) in [6.07, 6.45) is 0.128. The number of nitrogens with two attached hydrogens (primary N) is 1. The van der Waals surface area contributed by atoms with Crippen molar-refractivity contribution >= 4 is 28.1 Å². The van der Waals surface area contributed by atoms with Gasteiger partial charge in [-0.15, -0.1) is 11.3 Å². The summed E-state index contributed by atoms with van der Waals surface area (Å²) < 4.78 is 13.1. The van der Waals surface area contributed by atoms with Gasteiger partial charge >= 0.3 is 0 Å². The molecule has 0 unspecified atom stereocenters. The Kier molecular flexibility index (Phi) is 3.57. The number of aryl methyl sites for hydroxylation is 1. The lowest BCUT2D eigenvalue weighted by Crippen LogP contribution is -2.14. The van der Waals surface area contributed by atoms with Crippen LogP contribution in [0, 0.1) is 12.7 Å². The highest BCUT2D eigenvalue weighted by Gasteiger charge is 2.08. The Bertz CT molecular complexity index is 562. The first kappa shape index (κ1) is 12.5. The molecule has 0 aliphatic heterocycles. The maximum absolute atomic E-state index is 13.1. The van der Waals surface area contributed by atoms with E-state index in [1.54, 1.807) is 18.4 Å². The first-order chi connectivity index (χ1) is 8.52. The predicted molar refractivity (Wildman–Crippen MR) is 70.0 cm³/mol. The maximum atomic E-state index is 13.1. The summed E-state index contributed by atoms with van der Waals surface area (Å²) in [5, 5.41) is 4.78. The minimum Gasteiger partial charge on any atom is -0.375 e. The lowest BCUT2D eigenvalue weighted by Gasteiger charge is -2.05. The Balaban J connectivity index is 2.02. The third-order valence-corrected chi connectivity index (χ3v) is 2.96. The molecule has 6 heteroatoms. The van der Waals surface area contributed by atoms with Gasteiger partial charge in [-0.05, 0) is 30.7 Å². The lowest BCUT2D eigenvalue weighted by molar-refractivity contribution is -0.115. The van der Waals surface area contributed by atoms with Crippen LogP contribution in [0.2, 0.25) is 0 Å². The number of rotatable bonds is 3. The number of benzene rings is 1. The molecule has 1 aromatic heterocycles. The van der Waals surface area contributed by atoms with E-state index in [0.717, 1.165) is 5.56 Å². The first-order valence-electron chi connectivity index (χ1n) is 5.30. The molecule has 0 saturated heterocycles. The third kappa shape index (κ3) is 3.27. The van der Waals surface area contributed by atoms with E-state index >= 15 is 0 Å². The van der Waals surface area contributed by atoms with Crippen molar-refractivity contribution < 1.29 is 9.18 Å². The van der Waals surface area contributed by atoms with Crippen LogP contribution < -0.4 is 11.1 Å². The van der Waals surface area contributed by atoms with Crippen LogP contribution in [0.5, 0.6) is 0 Å². The summed E-state index contributed by atoms with van der Waals surface area (Å²) in [5.74, 6) is -0.617. The topological polar surface area (TPSA) is 68.0 Å². The average Bonchev–Trinajstić information content (AvgIpc) is 2.61. The fraction of sp³-hybridized carbons (Fsp3) is 0.167. The van der Waals surface area contributed by atoms with Gasteiger partial charge < -0.3 is 11.1 Å².